The Hall–Kier alpha value is -1.99. The maximum absolute atomic E-state index is 13.4. The van der Waals surface area contributed by atoms with Crippen LogP contribution in [0.15, 0.2) is 35.7 Å². The Bertz CT molecular complexity index is 648. The fourth-order valence-corrected chi connectivity index (χ4v) is 2.94. The average Bonchev–Trinajstić information content (AvgIpc) is 3.00. The predicted octanol–water partition coefficient (Wildman–Crippen LogP) is 2.82. The topological polar surface area (TPSA) is 41.6 Å². The predicted molar refractivity (Wildman–Crippen MR) is 85.6 cm³/mol. The lowest BCUT2D eigenvalue weighted by atomic mass is 10.2. The standard InChI is InChI=1S/C16H18F2N2O2S/c1-20(2)13(15-4-3-7-23-15)9-19-16(21)10-22-14-6-5-11(17)8-12(14)18/h3-8,13H,9-10H2,1-2H3,(H,19,21). The molecule has 0 aliphatic rings. The van der Waals surface area contributed by atoms with Crippen LogP contribution in [0.4, 0.5) is 8.78 Å². The van der Waals surface area contributed by atoms with Crippen molar-refractivity contribution in [3.8, 4) is 5.75 Å². The van der Waals surface area contributed by atoms with Crippen molar-refractivity contribution in [2.45, 2.75) is 6.04 Å². The van der Waals surface area contributed by atoms with Gasteiger partial charge in [-0.05, 0) is 37.7 Å². The smallest absolute Gasteiger partial charge is 0.258 e. The minimum Gasteiger partial charge on any atom is -0.481 e. The van der Waals surface area contributed by atoms with E-state index in [2.05, 4.69) is 5.32 Å². The molecule has 0 aliphatic carbocycles. The summed E-state index contributed by atoms with van der Waals surface area (Å²) in [5, 5.41) is 4.74. The number of rotatable bonds is 7. The van der Waals surface area contributed by atoms with Crippen LogP contribution in [0.25, 0.3) is 0 Å². The number of carbonyl (C=O) groups is 1. The minimum absolute atomic E-state index is 0.0570. The van der Waals surface area contributed by atoms with Crippen LogP contribution < -0.4 is 10.1 Å². The molecule has 1 aromatic heterocycles. The van der Waals surface area contributed by atoms with E-state index in [1.807, 2.05) is 36.5 Å². The number of thiophene rings is 1. The van der Waals surface area contributed by atoms with Crippen LogP contribution in [0.1, 0.15) is 10.9 Å². The molecule has 4 nitrogen and oxygen atoms in total. The number of nitrogens with one attached hydrogen (secondary N) is 1. The number of hydrogen-bond donors (Lipinski definition) is 1. The summed E-state index contributed by atoms with van der Waals surface area (Å²) < 4.78 is 31.3. The lowest BCUT2D eigenvalue weighted by molar-refractivity contribution is -0.123. The van der Waals surface area contributed by atoms with E-state index in [4.69, 9.17) is 4.74 Å². The van der Waals surface area contributed by atoms with Crippen LogP contribution in [0.3, 0.4) is 0 Å². The zero-order chi connectivity index (χ0) is 16.8. The molecule has 0 fully saturated rings. The van der Waals surface area contributed by atoms with Gasteiger partial charge in [0.2, 0.25) is 0 Å². The largest absolute Gasteiger partial charge is 0.481 e. The summed E-state index contributed by atoms with van der Waals surface area (Å²) in [4.78, 5) is 15.0. The van der Waals surface area contributed by atoms with Gasteiger partial charge in [-0.3, -0.25) is 4.79 Å². The molecule has 1 N–H and O–H groups in total. The maximum Gasteiger partial charge on any atom is 0.258 e. The molecule has 0 bridgehead atoms. The van der Waals surface area contributed by atoms with Gasteiger partial charge >= 0.3 is 0 Å². The fourth-order valence-electron chi connectivity index (χ4n) is 2.02. The Morgan fingerprint density at radius 2 is 2.13 bits per heavy atom. The van der Waals surface area contributed by atoms with Crippen molar-refractivity contribution >= 4 is 17.2 Å². The Morgan fingerprint density at radius 1 is 1.35 bits per heavy atom. The molecular weight excluding hydrogens is 322 g/mol. The van der Waals surface area contributed by atoms with E-state index in [1.165, 1.54) is 0 Å². The average molecular weight is 340 g/mol. The Morgan fingerprint density at radius 3 is 2.74 bits per heavy atom. The molecule has 0 spiro atoms. The first kappa shape index (κ1) is 17.4. The zero-order valence-electron chi connectivity index (χ0n) is 12.9. The molecule has 1 heterocycles. The van der Waals surface area contributed by atoms with Crippen molar-refractivity contribution in [2.75, 3.05) is 27.2 Å². The van der Waals surface area contributed by atoms with Gasteiger partial charge in [-0.1, -0.05) is 6.07 Å². The van der Waals surface area contributed by atoms with E-state index in [-0.39, 0.29) is 24.3 Å². The SMILES string of the molecule is CN(C)C(CNC(=O)COc1ccc(F)cc1F)c1cccs1. The molecule has 0 saturated heterocycles. The normalized spacial score (nSPS) is 12.2. The van der Waals surface area contributed by atoms with Crippen LogP contribution in [-0.2, 0) is 4.79 Å². The molecule has 23 heavy (non-hydrogen) atoms. The maximum atomic E-state index is 13.4. The number of halogens is 2. The second-order valence-electron chi connectivity index (χ2n) is 5.16. The van der Waals surface area contributed by atoms with E-state index in [0.29, 0.717) is 12.6 Å². The van der Waals surface area contributed by atoms with E-state index < -0.39 is 11.6 Å². The van der Waals surface area contributed by atoms with Crippen molar-refractivity contribution in [3.05, 3.63) is 52.2 Å². The van der Waals surface area contributed by atoms with E-state index in [9.17, 15) is 13.6 Å². The molecule has 1 amide bonds. The molecule has 0 radical (unpaired) electrons. The third kappa shape index (κ3) is 5.01. The highest BCUT2D eigenvalue weighted by Crippen LogP contribution is 2.22. The highest BCUT2D eigenvalue weighted by molar-refractivity contribution is 7.10. The monoisotopic (exact) mass is 340 g/mol. The van der Waals surface area contributed by atoms with Gasteiger partial charge < -0.3 is 15.0 Å². The molecule has 7 heteroatoms. The van der Waals surface area contributed by atoms with E-state index in [0.717, 1.165) is 17.0 Å². The summed E-state index contributed by atoms with van der Waals surface area (Å²) in [5.41, 5.74) is 0. The van der Waals surface area contributed by atoms with Crippen LogP contribution in [-0.4, -0.2) is 38.1 Å². The third-order valence-electron chi connectivity index (χ3n) is 3.24. The molecule has 0 aliphatic heterocycles. The van der Waals surface area contributed by atoms with Crippen LogP contribution in [0.2, 0.25) is 0 Å². The van der Waals surface area contributed by atoms with Gasteiger partial charge in [0.1, 0.15) is 5.82 Å². The lowest BCUT2D eigenvalue weighted by Crippen LogP contribution is -2.36. The molecule has 1 unspecified atom stereocenters. The molecule has 1 atom stereocenters. The van der Waals surface area contributed by atoms with Crippen molar-refractivity contribution in [3.63, 3.8) is 0 Å². The van der Waals surface area contributed by atoms with Crippen molar-refractivity contribution in [1.29, 1.82) is 0 Å². The minimum atomic E-state index is -0.831. The number of carbonyl (C=O) groups excluding carboxylic acids is 1. The zero-order valence-corrected chi connectivity index (χ0v) is 13.7. The first-order valence-electron chi connectivity index (χ1n) is 7.01. The summed E-state index contributed by atoms with van der Waals surface area (Å²) >= 11 is 1.62. The van der Waals surface area contributed by atoms with Gasteiger partial charge in [0.25, 0.3) is 5.91 Å². The molecule has 2 aromatic rings. The first-order valence-corrected chi connectivity index (χ1v) is 7.89. The van der Waals surface area contributed by atoms with Crippen LogP contribution in [0.5, 0.6) is 5.75 Å². The summed E-state index contributed by atoms with van der Waals surface area (Å²) in [6, 6.07) is 6.97. The molecular formula is C16H18F2N2O2S. The number of amides is 1. The highest BCUT2D eigenvalue weighted by Gasteiger charge is 2.16. The van der Waals surface area contributed by atoms with Crippen LogP contribution in [0, 0.1) is 11.6 Å². The Labute approximate surface area is 137 Å². The number of likely N-dealkylation sites (N-methyl/N-ethyl adjacent to an activating group) is 1. The lowest BCUT2D eigenvalue weighted by Gasteiger charge is -2.23. The number of ether oxygens (including phenoxy) is 1. The fraction of sp³-hybridized carbons (Fsp3) is 0.312. The van der Waals surface area contributed by atoms with Gasteiger partial charge in [-0.15, -0.1) is 11.3 Å². The second kappa shape index (κ2) is 8.03. The molecule has 2 rings (SSSR count). The summed E-state index contributed by atoms with van der Waals surface area (Å²) in [5.74, 6) is -2.03. The first-order chi connectivity index (χ1) is 11.0. The molecule has 0 saturated carbocycles. The van der Waals surface area contributed by atoms with Gasteiger partial charge in [0.15, 0.2) is 18.2 Å². The number of nitrogens with zero attached hydrogens (tertiary/aromatic N) is 1. The quantitative estimate of drug-likeness (QED) is 0.843. The van der Waals surface area contributed by atoms with Gasteiger partial charge in [-0.25, -0.2) is 8.78 Å². The van der Waals surface area contributed by atoms with Gasteiger partial charge in [0, 0.05) is 17.5 Å². The van der Waals surface area contributed by atoms with Crippen molar-refractivity contribution in [1.82, 2.24) is 10.2 Å². The van der Waals surface area contributed by atoms with E-state index in [1.54, 1.807) is 11.3 Å². The Balaban J connectivity index is 1.84. The molecule has 1 aromatic carbocycles. The third-order valence-corrected chi connectivity index (χ3v) is 4.21. The number of hydrogen-bond acceptors (Lipinski definition) is 4. The summed E-state index contributed by atoms with van der Waals surface area (Å²) in [6.45, 7) is 0.0920. The van der Waals surface area contributed by atoms with Crippen LogP contribution >= 0.6 is 11.3 Å². The molecule has 124 valence electrons. The Kier molecular flexibility index (Phi) is 6.06. The van der Waals surface area contributed by atoms with Gasteiger partial charge in [-0.2, -0.15) is 0 Å². The van der Waals surface area contributed by atoms with Crippen molar-refractivity contribution in [2.24, 2.45) is 0 Å². The summed E-state index contributed by atoms with van der Waals surface area (Å²) in [6.07, 6.45) is 0. The summed E-state index contributed by atoms with van der Waals surface area (Å²) in [7, 11) is 3.86. The highest BCUT2D eigenvalue weighted by atomic mass is 32.1. The number of benzene rings is 1. The second-order valence-corrected chi connectivity index (χ2v) is 6.14. The van der Waals surface area contributed by atoms with E-state index >= 15 is 0 Å². The van der Waals surface area contributed by atoms with Crippen molar-refractivity contribution < 1.29 is 18.3 Å². The van der Waals surface area contributed by atoms with Gasteiger partial charge in [0.05, 0.1) is 6.04 Å².